The number of hydrogen-bond acceptors (Lipinski definition) is 4. The molecule has 0 saturated heterocycles. The van der Waals surface area contributed by atoms with E-state index in [-0.39, 0.29) is 6.54 Å². The van der Waals surface area contributed by atoms with Crippen molar-refractivity contribution in [1.29, 1.82) is 0 Å². The van der Waals surface area contributed by atoms with E-state index in [2.05, 4.69) is 15.5 Å². The highest BCUT2D eigenvalue weighted by molar-refractivity contribution is 5.90. The zero-order chi connectivity index (χ0) is 17.7. The van der Waals surface area contributed by atoms with Crippen molar-refractivity contribution in [2.24, 2.45) is 0 Å². The molecule has 1 aromatic heterocycles. The summed E-state index contributed by atoms with van der Waals surface area (Å²) in [6, 6.07) is 17.8. The van der Waals surface area contributed by atoms with Crippen LogP contribution in [0.5, 0.6) is 0 Å². The summed E-state index contributed by atoms with van der Waals surface area (Å²) in [5.41, 5.74) is -0.758. The van der Waals surface area contributed by atoms with Gasteiger partial charge in [0.05, 0.1) is 6.54 Å². The predicted molar refractivity (Wildman–Crippen MR) is 93.4 cm³/mol. The Morgan fingerprint density at radius 3 is 2.16 bits per heavy atom. The van der Waals surface area contributed by atoms with E-state index in [1.165, 1.54) is 0 Å². The number of rotatable bonds is 6. The first-order valence-corrected chi connectivity index (χ1v) is 8.14. The third-order valence-electron chi connectivity index (χ3n) is 4.16. The lowest BCUT2D eigenvalue weighted by Gasteiger charge is -2.28. The second-order valence-electron chi connectivity index (χ2n) is 5.66. The van der Waals surface area contributed by atoms with E-state index in [4.69, 9.17) is 0 Å². The Hall–Kier alpha value is -2.99. The fourth-order valence-electron chi connectivity index (χ4n) is 2.75. The molecule has 2 aromatic carbocycles. The molecular weight excluding hydrogens is 316 g/mol. The summed E-state index contributed by atoms with van der Waals surface area (Å²) < 4.78 is 1.84. The van der Waals surface area contributed by atoms with Crippen molar-refractivity contribution in [2.75, 3.05) is 0 Å². The van der Waals surface area contributed by atoms with Gasteiger partial charge in [-0.3, -0.25) is 4.79 Å². The fourth-order valence-corrected chi connectivity index (χ4v) is 2.75. The van der Waals surface area contributed by atoms with Crippen molar-refractivity contribution in [3.05, 3.63) is 83.9 Å². The molecular formula is C19H20N4O2. The van der Waals surface area contributed by atoms with Gasteiger partial charge in [-0.05, 0) is 18.1 Å². The van der Waals surface area contributed by atoms with E-state index in [1.54, 1.807) is 54.9 Å². The molecule has 6 heteroatoms. The van der Waals surface area contributed by atoms with Crippen LogP contribution >= 0.6 is 0 Å². The number of amides is 1. The van der Waals surface area contributed by atoms with Crippen molar-refractivity contribution in [3.63, 3.8) is 0 Å². The first-order valence-electron chi connectivity index (χ1n) is 8.14. The van der Waals surface area contributed by atoms with Gasteiger partial charge in [-0.1, -0.05) is 60.7 Å². The van der Waals surface area contributed by atoms with Gasteiger partial charge in [-0.25, -0.2) is 0 Å². The van der Waals surface area contributed by atoms with E-state index in [9.17, 15) is 9.90 Å². The van der Waals surface area contributed by atoms with Gasteiger partial charge < -0.3 is 15.0 Å². The minimum atomic E-state index is -1.78. The molecule has 3 rings (SSSR count). The molecule has 0 fully saturated rings. The number of nitrogens with one attached hydrogen (secondary N) is 1. The highest BCUT2D eigenvalue weighted by Crippen LogP contribution is 2.29. The molecule has 0 saturated carbocycles. The molecule has 0 atom stereocenters. The Morgan fingerprint density at radius 1 is 1.08 bits per heavy atom. The minimum absolute atomic E-state index is 0.189. The first-order chi connectivity index (χ1) is 12.2. The van der Waals surface area contributed by atoms with Gasteiger partial charge in [0.15, 0.2) is 11.4 Å². The quantitative estimate of drug-likeness (QED) is 0.720. The van der Waals surface area contributed by atoms with Gasteiger partial charge in [0.25, 0.3) is 5.91 Å². The van der Waals surface area contributed by atoms with Gasteiger partial charge in [-0.15, -0.1) is 10.2 Å². The van der Waals surface area contributed by atoms with E-state index in [0.717, 1.165) is 0 Å². The highest BCUT2D eigenvalue weighted by Gasteiger charge is 2.39. The zero-order valence-corrected chi connectivity index (χ0v) is 14.0. The first kappa shape index (κ1) is 16.9. The molecule has 2 N–H and O–H groups in total. The second kappa shape index (κ2) is 7.27. The number of aliphatic hydroxyl groups is 1. The maximum absolute atomic E-state index is 12.9. The van der Waals surface area contributed by atoms with Crippen molar-refractivity contribution in [2.45, 2.75) is 25.6 Å². The Morgan fingerprint density at radius 2 is 1.64 bits per heavy atom. The van der Waals surface area contributed by atoms with Crippen LogP contribution in [0.4, 0.5) is 0 Å². The Kier molecular flexibility index (Phi) is 4.90. The number of carbonyl (C=O) groups is 1. The van der Waals surface area contributed by atoms with Crippen LogP contribution < -0.4 is 5.32 Å². The van der Waals surface area contributed by atoms with Gasteiger partial charge in [-0.2, -0.15) is 0 Å². The van der Waals surface area contributed by atoms with Crippen LogP contribution in [0.1, 0.15) is 23.9 Å². The van der Waals surface area contributed by atoms with Crippen molar-refractivity contribution >= 4 is 5.91 Å². The molecule has 6 nitrogen and oxygen atoms in total. The van der Waals surface area contributed by atoms with Crippen molar-refractivity contribution in [3.8, 4) is 0 Å². The average Bonchev–Trinajstić information content (AvgIpc) is 3.14. The summed E-state index contributed by atoms with van der Waals surface area (Å²) >= 11 is 0. The fraction of sp³-hybridized carbons (Fsp3) is 0.211. The van der Waals surface area contributed by atoms with Crippen molar-refractivity contribution in [1.82, 2.24) is 20.1 Å². The molecule has 0 aliphatic carbocycles. The van der Waals surface area contributed by atoms with Crippen LogP contribution in [0.3, 0.4) is 0 Å². The Labute approximate surface area is 146 Å². The lowest BCUT2D eigenvalue weighted by molar-refractivity contribution is -0.136. The van der Waals surface area contributed by atoms with Crippen LogP contribution in [0.15, 0.2) is 67.0 Å². The van der Waals surface area contributed by atoms with Crippen LogP contribution in [0.2, 0.25) is 0 Å². The zero-order valence-electron chi connectivity index (χ0n) is 14.0. The lowest BCUT2D eigenvalue weighted by Crippen LogP contribution is -2.45. The predicted octanol–water partition coefficient (Wildman–Crippen LogP) is 1.85. The largest absolute Gasteiger partial charge is 0.372 e. The maximum Gasteiger partial charge on any atom is 0.261 e. The van der Waals surface area contributed by atoms with E-state index >= 15 is 0 Å². The Balaban J connectivity index is 1.91. The molecule has 1 amide bonds. The van der Waals surface area contributed by atoms with Crippen molar-refractivity contribution < 1.29 is 9.90 Å². The number of aromatic nitrogens is 3. The van der Waals surface area contributed by atoms with Crippen LogP contribution in [-0.2, 0) is 23.5 Å². The lowest BCUT2D eigenvalue weighted by atomic mass is 9.85. The third-order valence-corrected chi connectivity index (χ3v) is 4.16. The van der Waals surface area contributed by atoms with E-state index in [0.29, 0.717) is 23.5 Å². The average molecular weight is 336 g/mol. The van der Waals surface area contributed by atoms with Gasteiger partial charge >= 0.3 is 0 Å². The number of carbonyl (C=O) groups excluding carboxylic acids is 1. The number of hydrogen-bond donors (Lipinski definition) is 2. The van der Waals surface area contributed by atoms with Crippen LogP contribution in [0, 0.1) is 0 Å². The summed E-state index contributed by atoms with van der Waals surface area (Å²) in [6.07, 6.45) is 1.61. The molecule has 3 aromatic rings. The van der Waals surface area contributed by atoms with Gasteiger partial charge in [0.2, 0.25) is 0 Å². The van der Waals surface area contributed by atoms with Gasteiger partial charge in [0.1, 0.15) is 6.33 Å². The monoisotopic (exact) mass is 336 g/mol. The smallest absolute Gasteiger partial charge is 0.261 e. The molecule has 0 radical (unpaired) electrons. The normalized spacial score (nSPS) is 11.3. The molecule has 0 aliphatic rings. The molecule has 0 unspecified atom stereocenters. The molecule has 0 bridgehead atoms. The number of benzene rings is 2. The molecule has 0 aliphatic heterocycles. The third kappa shape index (κ3) is 3.29. The molecule has 25 heavy (non-hydrogen) atoms. The van der Waals surface area contributed by atoms with Crippen LogP contribution in [-0.4, -0.2) is 25.8 Å². The number of nitrogens with zero attached hydrogens (tertiary/aromatic N) is 3. The van der Waals surface area contributed by atoms with E-state index in [1.807, 2.05) is 23.6 Å². The Bertz CT molecular complexity index is 791. The van der Waals surface area contributed by atoms with E-state index < -0.39 is 11.5 Å². The highest BCUT2D eigenvalue weighted by atomic mass is 16.3. The second-order valence-corrected chi connectivity index (χ2v) is 5.66. The summed E-state index contributed by atoms with van der Waals surface area (Å²) in [6.45, 7) is 2.87. The summed E-state index contributed by atoms with van der Waals surface area (Å²) in [4.78, 5) is 12.9. The minimum Gasteiger partial charge on any atom is -0.372 e. The molecule has 1 heterocycles. The number of aryl methyl sites for hydroxylation is 1. The summed E-state index contributed by atoms with van der Waals surface area (Å²) in [5.74, 6) is 0.134. The summed E-state index contributed by atoms with van der Waals surface area (Å²) in [5, 5.41) is 22.0. The standard InChI is InChI=1S/C19H20N4O2/c1-2-23-14-21-22-17(23)13-20-18(24)19(25,15-9-5-3-6-10-15)16-11-7-4-8-12-16/h3-12,14,25H,2,13H2,1H3,(H,20,24). The topological polar surface area (TPSA) is 80.0 Å². The SMILES string of the molecule is CCn1cnnc1CNC(=O)C(O)(c1ccccc1)c1ccccc1. The molecule has 128 valence electrons. The maximum atomic E-state index is 12.9. The molecule has 0 spiro atoms. The van der Waals surface area contributed by atoms with Gasteiger partial charge in [0, 0.05) is 6.54 Å². The van der Waals surface area contributed by atoms with Crippen LogP contribution in [0.25, 0.3) is 0 Å². The summed E-state index contributed by atoms with van der Waals surface area (Å²) in [7, 11) is 0.